The fourth-order valence-electron chi connectivity index (χ4n) is 5.68. The van der Waals surface area contributed by atoms with Gasteiger partial charge in [0.25, 0.3) is 0 Å². The van der Waals surface area contributed by atoms with Gasteiger partial charge in [-0.3, -0.25) is 0 Å². The summed E-state index contributed by atoms with van der Waals surface area (Å²) in [5, 5.41) is 2.51. The topological polar surface area (TPSA) is 9.23 Å². The molecule has 0 spiro atoms. The van der Waals surface area contributed by atoms with E-state index in [9.17, 15) is 0 Å². The average molecular weight is 607 g/mol. The first-order chi connectivity index (χ1) is 23.1. The van der Waals surface area contributed by atoms with Crippen LogP contribution >= 0.6 is 0 Å². The molecule has 228 valence electrons. The monoisotopic (exact) mass is 606 g/mol. The van der Waals surface area contributed by atoms with Crippen LogP contribution in [0.4, 0.5) is 0 Å². The summed E-state index contributed by atoms with van der Waals surface area (Å²) in [5.74, 6) is 1.68. The normalized spacial score (nSPS) is 13.7. The Bertz CT molecular complexity index is 2040. The molecule has 0 aromatic heterocycles. The molecule has 47 heavy (non-hydrogen) atoms. The second-order valence-electron chi connectivity index (χ2n) is 11.5. The maximum absolute atomic E-state index is 6.37. The molecule has 1 nitrogen and oxygen atoms in total. The van der Waals surface area contributed by atoms with Crippen molar-refractivity contribution in [1.29, 1.82) is 0 Å². The molecule has 0 bridgehead atoms. The molecular formula is C46H38O. The fourth-order valence-corrected chi connectivity index (χ4v) is 5.68. The zero-order chi connectivity index (χ0) is 32.4. The number of hydrogen-bond donors (Lipinski definition) is 0. The summed E-state index contributed by atoms with van der Waals surface area (Å²) in [6.45, 7) is 8.73. The van der Waals surface area contributed by atoms with Crippen molar-refractivity contribution in [2.24, 2.45) is 0 Å². The highest BCUT2D eigenvalue weighted by Gasteiger charge is 2.15. The molecule has 5 aromatic carbocycles. The molecule has 1 heterocycles. The Kier molecular flexibility index (Phi) is 9.86. The molecule has 0 aliphatic carbocycles. The third-order valence-electron chi connectivity index (χ3n) is 8.30. The van der Waals surface area contributed by atoms with E-state index in [0.717, 1.165) is 50.5 Å². The Hall–Kier alpha value is -5.92. The smallest absolute Gasteiger partial charge is 0.135 e. The standard InChI is InChI=1S/C46H38O/c1-34(42-32-45(39-23-13-7-14-24-39)47-46(33-42)40-25-15-8-16-26-40)19-9-4-5-10-27-41(31-35(2)37-20-11-6-12-21-37)44-30-29-38-22-17-18-28-43(38)36(44)3/h4-33H,2H2,1,3H3/b5-4+,19-9+,27-10+,41-31-. The number of allylic oxidation sites excluding steroid dienone is 13. The molecule has 0 amide bonds. The van der Waals surface area contributed by atoms with E-state index in [1.165, 1.54) is 21.9 Å². The minimum absolute atomic E-state index is 0.841. The maximum Gasteiger partial charge on any atom is 0.135 e. The summed E-state index contributed by atoms with van der Waals surface area (Å²) in [7, 11) is 0. The highest BCUT2D eigenvalue weighted by atomic mass is 16.5. The van der Waals surface area contributed by atoms with Gasteiger partial charge < -0.3 is 4.74 Å². The molecule has 5 aromatic rings. The quantitative estimate of drug-likeness (QED) is 0.152. The van der Waals surface area contributed by atoms with Gasteiger partial charge in [-0.1, -0.05) is 170 Å². The lowest BCUT2D eigenvalue weighted by Crippen LogP contribution is -2.00. The Morgan fingerprint density at radius 2 is 1.15 bits per heavy atom. The second kappa shape index (κ2) is 14.9. The van der Waals surface area contributed by atoms with Gasteiger partial charge in [0.2, 0.25) is 0 Å². The Morgan fingerprint density at radius 3 is 1.79 bits per heavy atom. The number of rotatable bonds is 9. The Labute approximate surface area is 278 Å². The summed E-state index contributed by atoms with van der Waals surface area (Å²) < 4.78 is 6.37. The molecule has 6 rings (SSSR count). The van der Waals surface area contributed by atoms with Crippen molar-refractivity contribution >= 4 is 33.4 Å². The lowest BCUT2D eigenvalue weighted by molar-refractivity contribution is 0.466. The summed E-state index contributed by atoms with van der Waals surface area (Å²) in [5.41, 5.74) is 10.0. The number of hydrogen-bond acceptors (Lipinski definition) is 1. The zero-order valence-corrected chi connectivity index (χ0v) is 26.9. The van der Waals surface area contributed by atoms with Gasteiger partial charge in [-0.2, -0.15) is 0 Å². The molecule has 1 aliphatic heterocycles. The van der Waals surface area contributed by atoms with E-state index in [0.29, 0.717) is 0 Å². The predicted octanol–water partition coefficient (Wildman–Crippen LogP) is 12.3. The van der Waals surface area contributed by atoms with Gasteiger partial charge in [0.1, 0.15) is 11.5 Å². The lowest BCUT2D eigenvalue weighted by Gasteiger charge is -2.19. The lowest BCUT2D eigenvalue weighted by atomic mass is 9.92. The minimum atomic E-state index is 0.841. The van der Waals surface area contributed by atoms with E-state index in [2.05, 4.69) is 148 Å². The Morgan fingerprint density at radius 1 is 0.596 bits per heavy atom. The molecule has 1 heteroatoms. The molecule has 0 atom stereocenters. The van der Waals surface area contributed by atoms with E-state index in [4.69, 9.17) is 4.74 Å². The summed E-state index contributed by atoms with van der Waals surface area (Å²) >= 11 is 0. The molecule has 0 unspecified atom stereocenters. The van der Waals surface area contributed by atoms with Gasteiger partial charge >= 0.3 is 0 Å². The van der Waals surface area contributed by atoms with Gasteiger partial charge in [0.05, 0.1) is 0 Å². The van der Waals surface area contributed by atoms with E-state index >= 15 is 0 Å². The maximum atomic E-state index is 6.37. The molecule has 0 fully saturated rings. The van der Waals surface area contributed by atoms with Crippen molar-refractivity contribution in [2.75, 3.05) is 0 Å². The SMILES string of the molecule is C=C(/C=C(/C=C/C=C/C=C/C(C)=C1C=C(c2ccccc2)OC(c2ccccc2)=C1)c1ccc2ccccc2c1C)c1ccccc1. The predicted molar refractivity (Wildman–Crippen MR) is 202 cm³/mol. The van der Waals surface area contributed by atoms with E-state index in [1.54, 1.807) is 0 Å². The van der Waals surface area contributed by atoms with Crippen LogP contribution in [0.25, 0.3) is 33.4 Å². The average Bonchev–Trinajstić information content (AvgIpc) is 3.13. The van der Waals surface area contributed by atoms with E-state index in [-0.39, 0.29) is 0 Å². The number of aryl methyl sites for hydroxylation is 1. The number of fused-ring (bicyclic) bond motifs is 1. The molecule has 0 saturated carbocycles. The van der Waals surface area contributed by atoms with Gasteiger partial charge in [-0.05, 0) is 81.8 Å². The van der Waals surface area contributed by atoms with Crippen LogP contribution in [0.1, 0.15) is 34.7 Å². The molecule has 1 aliphatic rings. The first-order valence-corrected chi connectivity index (χ1v) is 16.0. The van der Waals surface area contributed by atoms with Crippen molar-refractivity contribution in [3.8, 4) is 0 Å². The van der Waals surface area contributed by atoms with Gasteiger partial charge in [-0.15, -0.1) is 0 Å². The van der Waals surface area contributed by atoms with Crippen LogP contribution in [-0.4, -0.2) is 0 Å². The summed E-state index contributed by atoms with van der Waals surface area (Å²) in [6.07, 6.45) is 19.1. The van der Waals surface area contributed by atoms with Crippen LogP contribution in [-0.2, 0) is 4.74 Å². The first-order valence-electron chi connectivity index (χ1n) is 16.0. The van der Waals surface area contributed by atoms with Crippen LogP contribution in [0.3, 0.4) is 0 Å². The van der Waals surface area contributed by atoms with Crippen LogP contribution < -0.4 is 0 Å². The van der Waals surface area contributed by atoms with Crippen LogP contribution in [0.2, 0.25) is 0 Å². The van der Waals surface area contributed by atoms with Gasteiger partial charge in [-0.25, -0.2) is 0 Å². The van der Waals surface area contributed by atoms with Crippen molar-refractivity contribution in [2.45, 2.75) is 13.8 Å². The first kappa shape index (κ1) is 31.1. The largest absolute Gasteiger partial charge is 0.456 e. The minimum Gasteiger partial charge on any atom is -0.456 e. The second-order valence-corrected chi connectivity index (χ2v) is 11.5. The van der Waals surface area contributed by atoms with Crippen molar-refractivity contribution < 1.29 is 4.74 Å². The summed E-state index contributed by atoms with van der Waals surface area (Å²) in [6, 6.07) is 43.8. The van der Waals surface area contributed by atoms with Crippen molar-refractivity contribution in [3.63, 3.8) is 0 Å². The zero-order valence-electron chi connectivity index (χ0n) is 26.9. The van der Waals surface area contributed by atoms with Crippen molar-refractivity contribution in [3.05, 3.63) is 228 Å². The summed E-state index contributed by atoms with van der Waals surface area (Å²) in [4.78, 5) is 0. The van der Waals surface area contributed by atoms with Crippen LogP contribution in [0, 0.1) is 6.92 Å². The Balaban J connectivity index is 1.27. The highest BCUT2D eigenvalue weighted by Crippen LogP contribution is 2.33. The molecule has 0 radical (unpaired) electrons. The number of ether oxygens (including phenoxy) is 1. The van der Waals surface area contributed by atoms with E-state index < -0.39 is 0 Å². The molecule has 0 saturated heterocycles. The molecular weight excluding hydrogens is 569 g/mol. The third kappa shape index (κ3) is 7.66. The number of benzene rings is 5. The highest BCUT2D eigenvalue weighted by molar-refractivity contribution is 5.94. The van der Waals surface area contributed by atoms with Gasteiger partial charge in [0.15, 0.2) is 0 Å². The van der Waals surface area contributed by atoms with Crippen LogP contribution in [0.15, 0.2) is 200 Å². The molecule has 0 N–H and O–H groups in total. The van der Waals surface area contributed by atoms with Crippen molar-refractivity contribution in [1.82, 2.24) is 0 Å². The van der Waals surface area contributed by atoms with E-state index in [1.807, 2.05) is 54.6 Å². The van der Waals surface area contributed by atoms with Gasteiger partial charge in [0, 0.05) is 11.1 Å². The van der Waals surface area contributed by atoms with Crippen LogP contribution in [0.5, 0.6) is 0 Å². The third-order valence-corrected chi connectivity index (χ3v) is 8.30. The fraction of sp³-hybridized carbons (Fsp3) is 0.0435.